The maximum absolute atomic E-state index is 0. The molecule has 0 spiro atoms. The van der Waals surface area contributed by atoms with Crippen LogP contribution < -0.4 is 18.9 Å². The molecule has 0 rings (SSSR count). The van der Waals surface area contributed by atoms with E-state index in [2.05, 4.69) is 0 Å². The van der Waals surface area contributed by atoms with Crippen LogP contribution in [0, 0.1) is 0 Å². The van der Waals surface area contributed by atoms with Gasteiger partial charge in [-0.25, -0.2) is 0 Å². The molecule has 4 heteroatoms. The summed E-state index contributed by atoms with van der Waals surface area (Å²) in [6, 6.07) is 0. The van der Waals surface area contributed by atoms with Gasteiger partial charge < -0.3 is 4.28 Å². The van der Waals surface area contributed by atoms with Crippen LogP contribution in [0.5, 0.6) is 0 Å². The zero-order valence-corrected chi connectivity index (χ0v) is 6.23. The zero-order chi connectivity index (χ0) is 0. The van der Waals surface area contributed by atoms with Crippen LogP contribution in [0.1, 0.15) is 4.28 Å². The fourth-order valence-corrected chi connectivity index (χ4v) is 0. The quantitative estimate of drug-likeness (QED) is 0.292. The number of rotatable bonds is 0. The molecule has 0 heterocycles. The van der Waals surface area contributed by atoms with Gasteiger partial charge in [0.1, 0.15) is 0 Å². The van der Waals surface area contributed by atoms with Gasteiger partial charge in [0.15, 0.2) is 0 Å². The van der Waals surface area contributed by atoms with Crippen molar-refractivity contribution >= 4 is 40.4 Å². The maximum Gasteiger partial charge on any atom is 2.00 e. The second-order valence-corrected chi connectivity index (χ2v) is 0. The normalized spacial score (nSPS) is 0. The van der Waals surface area contributed by atoms with Crippen LogP contribution in [0.25, 0.3) is 0 Å². The van der Waals surface area contributed by atoms with E-state index < -0.39 is 0 Å². The first kappa shape index (κ1) is 32.4. The molecule has 0 saturated heterocycles. The van der Waals surface area contributed by atoms with Crippen molar-refractivity contribution in [1.29, 1.82) is 0 Å². The van der Waals surface area contributed by atoms with E-state index in [1.54, 1.807) is 0 Å². The third-order valence-electron chi connectivity index (χ3n) is 0. The SMILES string of the molecule is [Al].[Co].[H-].[H-].[H-].[Li+].[Mg+2]. The molecule has 4 heavy (non-hydrogen) atoms. The standard InChI is InChI=1S/Al.Co.Li.Mg.3H/q;;+1;+2;3*-1. The van der Waals surface area contributed by atoms with E-state index in [4.69, 9.17) is 0 Å². The second-order valence-electron chi connectivity index (χ2n) is 0. The molecule has 0 amide bonds. The van der Waals surface area contributed by atoms with Crippen molar-refractivity contribution in [2.45, 2.75) is 0 Å². The molecule has 0 fully saturated rings. The van der Waals surface area contributed by atoms with Gasteiger partial charge in [-0.1, -0.05) is 0 Å². The van der Waals surface area contributed by atoms with E-state index in [0.29, 0.717) is 0 Å². The second kappa shape index (κ2) is 18.1. The van der Waals surface area contributed by atoms with Crippen LogP contribution in [0.15, 0.2) is 0 Å². The molecule has 18 valence electrons. The van der Waals surface area contributed by atoms with Crippen molar-refractivity contribution in [2.24, 2.45) is 0 Å². The fraction of sp³-hybridized carbons (Fsp3) is 0. The molecule has 0 saturated carbocycles. The van der Waals surface area contributed by atoms with Gasteiger partial charge in [-0.15, -0.1) is 0 Å². The maximum atomic E-state index is 0. The molecule has 0 N–H and O–H groups in total. The minimum atomic E-state index is 0. The average Bonchev–Trinajstić information content (AvgIpc) is 0. The predicted molar refractivity (Wildman–Crippen MR) is 14.8 cm³/mol. The Morgan fingerprint density at radius 1 is 1.25 bits per heavy atom. The Hall–Kier alpha value is 2.40. The van der Waals surface area contributed by atoms with Gasteiger partial charge in [0.25, 0.3) is 0 Å². The van der Waals surface area contributed by atoms with Crippen molar-refractivity contribution in [3.05, 3.63) is 0 Å². The van der Waals surface area contributed by atoms with Crippen LogP contribution in [-0.4, -0.2) is 40.4 Å². The molecule has 0 unspecified atom stereocenters. The summed E-state index contributed by atoms with van der Waals surface area (Å²) in [5.41, 5.74) is 0. The van der Waals surface area contributed by atoms with Crippen molar-refractivity contribution < 1.29 is 39.9 Å². The van der Waals surface area contributed by atoms with Crippen molar-refractivity contribution in [3.63, 3.8) is 0 Å². The van der Waals surface area contributed by atoms with E-state index >= 15 is 0 Å². The molecule has 0 aromatic heterocycles. The smallest absolute Gasteiger partial charge is 1.00 e. The van der Waals surface area contributed by atoms with Gasteiger partial charge in [0.05, 0.1) is 0 Å². The molecule has 0 aromatic carbocycles. The Labute approximate surface area is 79.6 Å². The summed E-state index contributed by atoms with van der Waals surface area (Å²) < 4.78 is 0. The van der Waals surface area contributed by atoms with Crippen molar-refractivity contribution in [2.75, 3.05) is 0 Å². The molecule has 0 aromatic rings. The molecule has 4 radical (unpaired) electrons. The van der Waals surface area contributed by atoms with Gasteiger partial charge in [-0.3, -0.25) is 0 Å². The van der Waals surface area contributed by atoms with E-state index in [0.717, 1.165) is 0 Å². The van der Waals surface area contributed by atoms with Crippen LogP contribution in [0.4, 0.5) is 0 Å². The Morgan fingerprint density at radius 3 is 1.25 bits per heavy atom. The van der Waals surface area contributed by atoms with Gasteiger partial charge in [0.2, 0.25) is 0 Å². The third-order valence-corrected chi connectivity index (χ3v) is 0. The van der Waals surface area contributed by atoms with E-state index in [-0.39, 0.29) is 80.3 Å². The summed E-state index contributed by atoms with van der Waals surface area (Å²) in [4.78, 5) is 0. The summed E-state index contributed by atoms with van der Waals surface area (Å²) >= 11 is 0. The molecular formula is H3AlCoLiMg. The minimum Gasteiger partial charge on any atom is -1.00 e. The topological polar surface area (TPSA) is 0 Å². The molecule has 0 bridgehead atoms. The molecular weight excluding hydrogens is 117 g/mol. The molecule has 0 aliphatic heterocycles. The molecule has 0 aliphatic rings. The Morgan fingerprint density at radius 2 is 1.25 bits per heavy atom. The van der Waals surface area contributed by atoms with Crippen LogP contribution >= 0.6 is 0 Å². The van der Waals surface area contributed by atoms with Crippen molar-refractivity contribution in [3.8, 4) is 0 Å². The predicted octanol–water partition coefficient (Wildman–Crippen LogP) is -3.42. The first-order chi connectivity index (χ1) is 0. The summed E-state index contributed by atoms with van der Waals surface area (Å²) in [5, 5.41) is 0. The van der Waals surface area contributed by atoms with Gasteiger partial charge >= 0.3 is 41.9 Å². The summed E-state index contributed by atoms with van der Waals surface area (Å²) in [7, 11) is 0. The third kappa shape index (κ3) is 8.83. The number of hydrogen-bond acceptors (Lipinski definition) is 0. The van der Waals surface area contributed by atoms with E-state index in [1.807, 2.05) is 0 Å². The van der Waals surface area contributed by atoms with Crippen LogP contribution in [-0.2, 0) is 16.8 Å². The largest absolute Gasteiger partial charge is 2.00 e. The minimum absolute atomic E-state index is 0. The summed E-state index contributed by atoms with van der Waals surface area (Å²) in [6.07, 6.45) is 0. The average molecular weight is 120 g/mol. The van der Waals surface area contributed by atoms with Gasteiger partial charge in [-0.05, 0) is 0 Å². The first-order valence-electron chi connectivity index (χ1n) is 0. The zero-order valence-electron chi connectivity index (χ0n) is 5.62. The van der Waals surface area contributed by atoms with Gasteiger partial charge in [0, 0.05) is 34.1 Å². The first-order valence-corrected chi connectivity index (χ1v) is 0. The molecule has 0 nitrogen and oxygen atoms in total. The molecule has 0 aliphatic carbocycles. The van der Waals surface area contributed by atoms with E-state index in [1.165, 1.54) is 0 Å². The summed E-state index contributed by atoms with van der Waals surface area (Å²) in [6.45, 7) is 0. The number of hydrogen-bond donors (Lipinski definition) is 0. The monoisotopic (exact) mass is 120 g/mol. The summed E-state index contributed by atoms with van der Waals surface area (Å²) in [5.74, 6) is 0. The Kier molecular flexibility index (Phi) is 147. The van der Waals surface area contributed by atoms with E-state index in [9.17, 15) is 0 Å². The van der Waals surface area contributed by atoms with Crippen LogP contribution in [0.3, 0.4) is 0 Å². The Bertz CT molecular complexity index is 14.9. The fourth-order valence-electron chi connectivity index (χ4n) is 0. The van der Waals surface area contributed by atoms with Gasteiger partial charge in [-0.2, -0.15) is 0 Å². The van der Waals surface area contributed by atoms with Crippen LogP contribution in [0.2, 0.25) is 0 Å². The Balaban J connectivity index is 0. The molecule has 0 atom stereocenters. The van der Waals surface area contributed by atoms with Crippen molar-refractivity contribution in [1.82, 2.24) is 0 Å².